The fraction of sp³-hybridized carbons (Fsp3) is 0.412. The van der Waals surface area contributed by atoms with Crippen LogP contribution < -0.4 is 0 Å². The minimum atomic E-state index is -3.17. The molecule has 4 nitrogen and oxygen atoms in total. The van der Waals surface area contributed by atoms with E-state index in [1.54, 1.807) is 30.5 Å². The van der Waals surface area contributed by atoms with Gasteiger partial charge in [-0.25, -0.2) is 13.4 Å². The molecular weight excluding hydrogens is 328 g/mol. The smallest absolute Gasteiger partial charge is 0.175 e. The van der Waals surface area contributed by atoms with Crippen LogP contribution in [0.15, 0.2) is 41.6 Å². The van der Waals surface area contributed by atoms with Gasteiger partial charge in [0.15, 0.2) is 9.84 Å². The minimum absolute atomic E-state index is 0.323. The van der Waals surface area contributed by atoms with Gasteiger partial charge in [0, 0.05) is 23.3 Å². The van der Waals surface area contributed by atoms with Crippen LogP contribution >= 0.6 is 11.8 Å². The Morgan fingerprint density at radius 2 is 2.00 bits per heavy atom. The van der Waals surface area contributed by atoms with Gasteiger partial charge in [-0.1, -0.05) is 12.1 Å². The van der Waals surface area contributed by atoms with Crippen molar-refractivity contribution in [1.82, 2.24) is 9.97 Å². The maximum absolute atomic E-state index is 11.5. The van der Waals surface area contributed by atoms with E-state index in [0.29, 0.717) is 4.90 Å². The predicted molar refractivity (Wildman–Crippen MR) is 94.4 cm³/mol. The number of sulfone groups is 1. The van der Waals surface area contributed by atoms with E-state index in [0.717, 1.165) is 35.0 Å². The number of benzene rings is 1. The second-order valence-corrected chi connectivity index (χ2v) is 9.29. The van der Waals surface area contributed by atoms with E-state index in [1.165, 1.54) is 24.9 Å². The van der Waals surface area contributed by atoms with Crippen LogP contribution in [0.4, 0.5) is 0 Å². The van der Waals surface area contributed by atoms with Gasteiger partial charge >= 0.3 is 0 Å². The van der Waals surface area contributed by atoms with Crippen molar-refractivity contribution < 1.29 is 8.42 Å². The summed E-state index contributed by atoms with van der Waals surface area (Å²) in [7, 11) is -3.17. The summed E-state index contributed by atoms with van der Waals surface area (Å²) in [6.45, 7) is 0. The van der Waals surface area contributed by atoms with Gasteiger partial charge in [0.1, 0.15) is 0 Å². The number of aryl methyl sites for hydroxylation is 1. The van der Waals surface area contributed by atoms with Crippen LogP contribution in [-0.2, 0) is 16.3 Å². The molecule has 0 radical (unpaired) electrons. The van der Waals surface area contributed by atoms with Crippen molar-refractivity contribution in [2.24, 2.45) is 0 Å². The van der Waals surface area contributed by atoms with Crippen molar-refractivity contribution >= 4 is 21.6 Å². The molecule has 0 amide bonds. The van der Waals surface area contributed by atoms with Gasteiger partial charge in [-0.05, 0) is 43.6 Å². The minimum Gasteiger partial charge on any atom is -0.261 e. The molecule has 0 spiro atoms. The highest BCUT2D eigenvalue weighted by molar-refractivity contribution is 8.00. The molecule has 2 aromatic rings. The van der Waals surface area contributed by atoms with E-state index >= 15 is 0 Å². The van der Waals surface area contributed by atoms with Gasteiger partial charge in [-0.2, -0.15) is 11.8 Å². The zero-order valence-corrected chi connectivity index (χ0v) is 14.7. The van der Waals surface area contributed by atoms with Crippen LogP contribution in [0.25, 0.3) is 11.3 Å². The summed E-state index contributed by atoms with van der Waals surface area (Å²) < 4.78 is 23.0. The first-order chi connectivity index (χ1) is 11.0. The lowest BCUT2D eigenvalue weighted by molar-refractivity contribution is 0.602. The number of aromatic nitrogens is 2. The van der Waals surface area contributed by atoms with Crippen molar-refractivity contribution in [2.45, 2.75) is 35.8 Å². The van der Waals surface area contributed by atoms with E-state index in [2.05, 4.69) is 21.7 Å². The Balaban J connectivity index is 1.73. The normalized spacial score (nSPS) is 18.2. The summed E-state index contributed by atoms with van der Waals surface area (Å²) in [6, 6.07) is 6.82. The summed E-state index contributed by atoms with van der Waals surface area (Å²) in [4.78, 5) is 9.29. The summed E-state index contributed by atoms with van der Waals surface area (Å²) in [5.74, 6) is 1.28. The van der Waals surface area contributed by atoms with Crippen LogP contribution in [0.3, 0.4) is 0 Å². The molecule has 23 heavy (non-hydrogen) atoms. The molecule has 3 rings (SSSR count). The molecule has 0 unspecified atom stereocenters. The number of hydrogen-bond donors (Lipinski definition) is 0. The van der Waals surface area contributed by atoms with Crippen molar-refractivity contribution in [3.63, 3.8) is 0 Å². The van der Waals surface area contributed by atoms with Crippen molar-refractivity contribution in [1.29, 1.82) is 0 Å². The van der Waals surface area contributed by atoms with Crippen LogP contribution in [0.5, 0.6) is 0 Å². The molecule has 1 aromatic heterocycles. The average molecular weight is 348 g/mol. The van der Waals surface area contributed by atoms with Crippen LogP contribution in [0, 0.1) is 0 Å². The van der Waals surface area contributed by atoms with E-state index in [-0.39, 0.29) is 0 Å². The first-order valence-corrected chi connectivity index (χ1v) is 10.7. The van der Waals surface area contributed by atoms with E-state index < -0.39 is 9.84 Å². The first kappa shape index (κ1) is 16.5. The van der Waals surface area contributed by atoms with E-state index in [1.807, 2.05) is 6.20 Å². The zero-order valence-electron chi connectivity index (χ0n) is 13.1. The third kappa shape index (κ3) is 4.32. The zero-order chi connectivity index (χ0) is 16.3. The Kier molecular flexibility index (Phi) is 5.02. The Hall–Kier alpha value is -1.40. The van der Waals surface area contributed by atoms with Crippen LogP contribution in [0.1, 0.15) is 25.0 Å². The number of rotatable bonds is 5. The fourth-order valence-corrected chi connectivity index (χ4v) is 4.63. The highest BCUT2D eigenvalue weighted by atomic mass is 32.2. The molecule has 1 saturated heterocycles. The lowest BCUT2D eigenvalue weighted by Gasteiger charge is -2.08. The topological polar surface area (TPSA) is 59.9 Å². The molecule has 6 heteroatoms. The summed E-state index contributed by atoms with van der Waals surface area (Å²) in [5.41, 5.74) is 2.69. The summed E-state index contributed by atoms with van der Waals surface area (Å²) >= 11 is 2.06. The van der Waals surface area contributed by atoms with Gasteiger partial charge < -0.3 is 0 Å². The second kappa shape index (κ2) is 7.01. The standard InChI is InChI=1S/C17H20N2O2S2/c1-23(20,21)16-8-4-13(5-9-16)17-12-18-11-14(19-17)6-7-15-3-2-10-22-15/h4-5,8-9,11-12,15H,2-3,6-7,10H2,1H3/t15-/m0/s1. The molecule has 122 valence electrons. The van der Waals surface area contributed by atoms with E-state index in [4.69, 9.17) is 0 Å². The van der Waals surface area contributed by atoms with Crippen molar-refractivity contribution in [2.75, 3.05) is 12.0 Å². The van der Waals surface area contributed by atoms with Gasteiger partial charge in [0.2, 0.25) is 0 Å². The highest BCUT2D eigenvalue weighted by Crippen LogP contribution is 2.29. The fourth-order valence-electron chi connectivity index (χ4n) is 2.72. The Labute approximate surface area is 141 Å². The molecule has 0 aliphatic carbocycles. The van der Waals surface area contributed by atoms with E-state index in [9.17, 15) is 8.42 Å². The van der Waals surface area contributed by atoms with Gasteiger partial charge in [-0.3, -0.25) is 4.98 Å². The predicted octanol–water partition coefficient (Wildman–Crippen LogP) is 3.38. The Morgan fingerprint density at radius 1 is 1.22 bits per heavy atom. The molecule has 1 fully saturated rings. The molecule has 1 aliphatic rings. The SMILES string of the molecule is CS(=O)(=O)c1ccc(-c2cncc(CC[C@@H]3CCCS3)n2)cc1. The maximum Gasteiger partial charge on any atom is 0.175 e. The summed E-state index contributed by atoms with van der Waals surface area (Å²) in [5, 5.41) is 0.759. The highest BCUT2D eigenvalue weighted by Gasteiger charge is 2.15. The molecular formula is C17H20N2O2S2. The van der Waals surface area contributed by atoms with Crippen LogP contribution in [-0.4, -0.2) is 35.6 Å². The van der Waals surface area contributed by atoms with Crippen LogP contribution in [0.2, 0.25) is 0 Å². The number of nitrogens with zero attached hydrogens (tertiary/aromatic N) is 2. The third-order valence-corrected chi connectivity index (χ3v) is 6.60. The lowest BCUT2D eigenvalue weighted by atomic mass is 10.1. The van der Waals surface area contributed by atoms with Crippen molar-refractivity contribution in [3.8, 4) is 11.3 Å². The number of thioether (sulfide) groups is 1. The van der Waals surface area contributed by atoms with Gasteiger partial charge in [0.05, 0.1) is 22.5 Å². The second-order valence-electron chi connectivity index (χ2n) is 5.87. The monoisotopic (exact) mass is 348 g/mol. The lowest BCUT2D eigenvalue weighted by Crippen LogP contribution is -2.02. The summed E-state index contributed by atoms with van der Waals surface area (Å²) in [6.07, 6.45) is 9.49. The number of hydrogen-bond acceptors (Lipinski definition) is 5. The molecule has 1 aromatic carbocycles. The first-order valence-electron chi connectivity index (χ1n) is 7.75. The largest absolute Gasteiger partial charge is 0.261 e. The Bertz CT molecular complexity index is 767. The quantitative estimate of drug-likeness (QED) is 0.829. The molecule has 0 N–H and O–H groups in total. The molecule has 0 saturated carbocycles. The molecule has 1 aliphatic heterocycles. The van der Waals surface area contributed by atoms with Gasteiger partial charge in [-0.15, -0.1) is 0 Å². The Morgan fingerprint density at radius 3 is 2.65 bits per heavy atom. The molecule has 1 atom stereocenters. The van der Waals surface area contributed by atoms with Gasteiger partial charge in [0.25, 0.3) is 0 Å². The van der Waals surface area contributed by atoms with Crippen molar-refractivity contribution in [3.05, 3.63) is 42.4 Å². The molecule has 2 heterocycles. The third-order valence-electron chi connectivity index (χ3n) is 4.01. The maximum atomic E-state index is 11.5. The average Bonchev–Trinajstić information content (AvgIpc) is 3.06. The molecule has 0 bridgehead atoms.